The molecule has 6 heteroatoms. The van der Waals surface area contributed by atoms with Crippen LogP contribution in [0.25, 0.3) is 33.4 Å². The van der Waals surface area contributed by atoms with Gasteiger partial charge in [-0.1, -0.05) is 36.4 Å². The number of ether oxygens (including phenoxy) is 3. The number of fused-ring (bicyclic) bond motifs is 2. The number of methoxy groups -OCH3 is 3. The van der Waals surface area contributed by atoms with Crippen molar-refractivity contribution in [2.75, 3.05) is 21.3 Å². The van der Waals surface area contributed by atoms with Crippen molar-refractivity contribution in [3.8, 4) is 22.6 Å². The van der Waals surface area contributed by atoms with Gasteiger partial charge in [0.2, 0.25) is 5.79 Å². The lowest BCUT2D eigenvalue weighted by atomic mass is 9.73. The molecule has 0 N–H and O–H groups in total. The van der Waals surface area contributed by atoms with E-state index >= 15 is 0 Å². The van der Waals surface area contributed by atoms with E-state index in [9.17, 15) is 0 Å². The molecule has 200 valence electrons. The molecule has 0 amide bonds. The Labute approximate surface area is 226 Å². The van der Waals surface area contributed by atoms with Crippen LogP contribution in [0, 0.1) is 27.7 Å². The Kier molecular flexibility index (Phi) is 6.48. The molecule has 0 bridgehead atoms. The van der Waals surface area contributed by atoms with Gasteiger partial charge in [0.1, 0.15) is 11.5 Å². The Morgan fingerprint density at radius 2 is 0.974 bits per heavy atom. The van der Waals surface area contributed by atoms with Crippen LogP contribution in [0.1, 0.15) is 33.4 Å². The first-order valence-electron chi connectivity index (χ1n) is 13.0. The molecule has 0 radical (unpaired) electrons. The fourth-order valence-corrected chi connectivity index (χ4v) is 7.34. The van der Waals surface area contributed by atoms with Crippen LogP contribution >= 0.6 is 0 Å². The fraction of sp³-hybridized carbons (Fsp3) is 0.375. The lowest BCUT2D eigenvalue weighted by molar-refractivity contribution is -0.414. The van der Waals surface area contributed by atoms with Crippen LogP contribution in [0.3, 0.4) is 0 Å². The van der Waals surface area contributed by atoms with Crippen molar-refractivity contribution >= 4 is 19.1 Å². The maximum absolute atomic E-state index is 6.88. The number of hydrogen-bond acceptors (Lipinski definition) is 5. The van der Waals surface area contributed by atoms with E-state index in [0.717, 1.165) is 66.8 Å². The highest BCUT2D eigenvalue weighted by molar-refractivity contribution is 6.69. The summed E-state index contributed by atoms with van der Waals surface area (Å²) in [6.45, 7) is 14.9. The normalized spacial score (nSPS) is 18.5. The average Bonchev–Trinajstić information content (AvgIpc) is 3.20. The third kappa shape index (κ3) is 3.66. The summed E-state index contributed by atoms with van der Waals surface area (Å²) >= 11 is 0. The van der Waals surface area contributed by atoms with Crippen LogP contribution in [0.4, 0.5) is 0 Å². The van der Waals surface area contributed by atoms with Crippen LogP contribution in [0.15, 0.2) is 52.9 Å². The van der Waals surface area contributed by atoms with E-state index < -0.39 is 19.9 Å². The predicted octanol–water partition coefficient (Wildman–Crippen LogP) is 8.11. The minimum absolute atomic E-state index is 0.846. The Morgan fingerprint density at radius 3 is 1.32 bits per heavy atom. The third-order valence-corrected chi connectivity index (χ3v) is 8.62. The lowest BCUT2D eigenvalue weighted by Crippen LogP contribution is -2.65. The molecule has 5 nitrogen and oxygen atoms in total. The Morgan fingerprint density at radius 1 is 0.605 bits per heavy atom. The maximum atomic E-state index is 6.88. The molecule has 1 aliphatic rings. The minimum Gasteiger partial charge on any atom is -0.455 e. The van der Waals surface area contributed by atoms with Gasteiger partial charge in [-0.25, -0.2) is 0 Å². The van der Waals surface area contributed by atoms with Crippen LogP contribution in [-0.2, 0) is 30.2 Å². The number of aryl methyl sites for hydroxylation is 4. The van der Waals surface area contributed by atoms with Gasteiger partial charge in [0.05, 0.1) is 0 Å². The first kappa shape index (κ1) is 26.8. The van der Waals surface area contributed by atoms with Crippen LogP contribution in [-0.4, -0.2) is 29.6 Å². The summed E-state index contributed by atoms with van der Waals surface area (Å²) in [5.41, 5.74) is 8.64. The SMILES string of the molecule is COC1(OC)c2cc3c(-c4c(C)cccc4C)oc(-c4c(C)cccc4C)c3cc2C1(OC)O[Si](C)(C)C. The van der Waals surface area contributed by atoms with Gasteiger partial charge in [0.15, 0.2) is 8.32 Å². The molecular weight excluding hydrogens is 492 g/mol. The minimum atomic E-state index is -2.11. The first-order valence-corrected chi connectivity index (χ1v) is 16.5. The van der Waals surface area contributed by atoms with E-state index in [4.69, 9.17) is 23.1 Å². The summed E-state index contributed by atoms with van der Waals surface area (Å²) in [5, 5.41) is 2.02. The third-order valence-electron chi connectivity index (χ3n) is 7.72. The summed E-state index contributed by atoms with van der Waals surface area (Å²) in [6, 6.07) is 17.0. The van der Waals surface area contributed by atoms with Gasteiger partial charge in [-0.3, -0.25) is 0 Å². The van der Waals surface area contributed by atoms with E-state index in [1.807, 2.05) is 0 Å². The van der Waals surface area contributed by atoms with Crippen molar-refractivity contribution < 1.29 is 23.1 Å². The molecule has 4 aromatic rings. The Bertz CT molecular complexity index is 1500. The summed E-state index contributed by atoms with van der Waals surface area (Å²) < 4.78 is 32.0. The highest BCUT2D eigenvalue weighted by atomic mass is 28.4. The zero-order chi connectivity index (χ0) is 27.6. The highest BCUT2D eigenvalue weighted by Gasteiger charge is 2.69. The quantitative estimate of drug-likeness (QED) is 0.178. The zero-order valence-corrected chi connectivity index (χ0v) is 25.2. The smallest absolute Gasteiger partial charge is 0.255 e. The predicted molar refractivity (Wildman–Crippen MR) is 155 cm³/mol. The maximum Gasteiger partial charge on any atom is 0.255 e. The van der Waals surface area contributed by atoms with Crippen molar-refractivity contribution in [3.05, 3.63) is 81.9 Å². The van der Waals surface area contributed by atoms with Crippen molar-refractivity contribution in [2.24, 2.45) is 0 Å². The molecule has 0 spiro atoms. The molecule has 0 saturated heterocycles. The molecule has 0 aliphatic heterocycles. The van der Waals surface area contributed by atoms with E-state index in [-0.39, 0.29) is 0 Å². The van der Waals surface area contributed by atoms with Crippen LogP contribution in [0.5, 0.6) is 0 Å². The molecule has 1 atom stereocenters. The van der Waals surface area contributed by atoms with Gasteiger partial charge in [0, 0.05) is 54.4 Å². The molecule has 5 rings (SSSR count). The summed E-state index contributed by atoms with van der Waals surface area (Å²) in [4.78, 5) is 0. The summed E-state index contributed by atoms with van der Waals surface area (Å²) in [5.74, 6) is -0.711. The van der Waals surface area contributed by atoms with Crippen molar-refractivity contribution in [1.82, 2.24) is 0 Å². The van der Waals surface area contributed by atoms with Gasteiger partial charge in [-0.05, 0) is 81.7 Å². The van der Waals surface area contributed by atoms with Crippen LogP contribution in [0.2, 0.25) is 19.6 Å². The van der Waals surface area contributed by atoms with E-state index in [0.29, 0.717) is 0 Å². The average molecular weight is 531 g/mol. The number of rotatable bonds is 7. The molecule has 1 unspecified atom stereocenters. The van der Waals surface area contributed by atoms with Crippen LogP contribution < -0.4 is 0 Å². The number of hydrogen-bond donors (Lipinski definition) is 0. The molecule has 1 heterocycles. The standard InChI is InChI=1S/C32H38O5Si/c1-19-13-11-14-20(2)27(19)29-23-17-25-26(32(35-7,37-38(8,9)10)31(25,33-5)34-6)18-24(23)30(36-29)28-21(3)15-12-16-22(28)4/h11-18H,1-10H3. The lowest BCUT2D eigenvalue weighted by Gasteiger charge is -2.57. The van der Waals surface area contributed by atoms with E-state index in [1.165, 1.54) is 0 Å². The fourth-order valence-electron chi connectivity index (χ4n) is 6.15. The molecular formula is C32H38O5Si. The molecule has 3 aromatic carbocycles. The first-order chi connectivity index (χ1) is 17.9. The molecule has 1 aliphatic carbocycles. The van der Waals surface area contributed by atoms with Gasteiger partial charge in [-0.2, -0.15) is 0 Å². The Hall–Kier alpha value is -2.74. The summed E-state index contributed by atoms with van der Waals surface area (Å²) in [6.07, 6.45) is 0. The van der Waals surface area contributed by atoms with E-state index in [2.05, 4.69) is 95.9 Å². The monoisotopic (exact) mass is 530 g/mol. The van der Waals surface area contributed by atoms with Gasteiger partial charge < -0.3 is 23.1 Å². The number of furan rings is 1. The van der Waals surface area contributed by atoms with Gasteiger partial charge >= 0.3 is 0 Å². The molecule has 0 saturated carbocycles. The molecule has 38 heavy (non-hydrogen) atoms. The van der Waals surface area contributed by atoms with Gasteiger partial charge in [0.25, 0.3) is 5.79 Å². The second-order valence-electron chi connectivity index (χ2n) is 11.3. The summed E-state index contributed by atoms with van der Waals surface area (Å²) in [7, 11) is 2.83. The van der Waals surface area contributed by atoms with Crippen molar-refractivity contribution in [1.29, 1.82) is 0 Å². The second kappa shape index (κ2) is 9.18. The molecule has 0 fully saturated rings. The number of benzene rings is 3. The highest BCUT2D eigenvalue weighted by Crippen LogP contribution is 2.61. The molecule has 1 aromatic heterocycles. The zero-order valence-electron chi connectivity index (χ0n) is 24.2. The topological polar surface area (TPSA) is 50.1 Å². The van der Waals surface area contributed by atoms with Gasteiger partial charge in [-0.15, -0.1) is 0 Å². The van der Waals surface area contributed by atoms with E-state index in [1.54, 1.807) is 21.3 Å². The van der Waals surface area contributed by atoms with Crippen molar-refractivity contribution in [2.45, 2.75) is 58.9 Å². The Balaban J connectivity index is 1.92. The van der Waals surface area contributed by atoms with Crippen molar-refractivity contribution in [3.63, 3.8) is 0 Å². The largest absolute Gasteiger partial charge is 0.455 e. The second-order valence-corrected chi connectivity index (χ2v) is 15.7.